The average Bonchev–Trinajstić information content (AvgIpc) is 2.73. The van der Waals surface area contributed by atoms with Crippen molar-refractivity contribution in [2.24, 2.45) is 11.7 Å². The molecule has 1 aliphatic heterocycles. The van der Waals surface area contributed by atoms with E-state index < -0.39 is 0 Å². The van der Waals surface area contributed by atoms with E-state index in [4.69, 9.17) is 15.5 Å². The molecule has 3 aromatic rings. The monoisotopic (exact) mass is 375 g/mol. The van der Waals surface area contributed by atoms with Crippen molar-refractivity contribution in [2.75, 3.05) is 18.0 Å². The number of nitrogens with two attached hydrogens (primary N) is 1. The molecule has 1 aliphatic rings. The zero-order chi connectivity index (χ0) is 19.5. The fourth-order valence-electron chi connectivity index (χ4n) is 3.72. The van der Waals surface area contributed by atoms with E-state index in [1.54, 1.807) is 0 Å². The molecule has 0 unspecified atom stereocenters. The first kappa shape index (κ1) is 18.3. The Morgan fingerprint density at radius 2 is 1.89 bits per heavy atom. The number of carbonyl (C=O) groups is 1. The Bertz CT molecular complexity index is 994. The molecule has 1 fully saturated rings. The Kier molecular flexibility index (Phi) is 5.15. The largest absolute Gasteiger partial charge is 0.487 e. The number of hydrogen-bond acceptors (Lipinski definition) is 4. The quantitative estimate of drug-likeness (QED) is 0.736. The van der Waals surface area contributed by atoms with Crippen LogP contribution in [0.2, 0.25) is 0 Å². The molecular formula is C23H25N3O2. The van der Waals surface area contributed by atoms with Crippen LogP contribution in [0.5, 0.6) is 5.75 Å². The third-order valence-electron chi connectivity index (χ3n) is 5.53. The molecule has 0 atom stereocenters. The van der Waals surface area contributed by atoms with E-state index in [0.29, 0.717) is 6.61 Å². The van der Waals surface area contributed by atoms with Gasteiger partial charge in [-0.25, -0.2) is 4.98 Å². The molecule has 0 aliphatic carbocycles. The smallest absolute Gasteiger partial charge is 0.220 e. The molecule has 28 heavy (non-hydrogen) atoms. The van der Waals surface area contributed by atoms with Crippen molar-refractivity contribution in [1.82, 2.24) is 4.98 Å². The molecule has 0 radical (unpaired) electrons. The second-order valence-corrected chi connectivity index (χ2v) is 7.38. The van der Waals surface area contributed by atoms with E-state index in [1.807, 2.05) is 36.4 Å². The number of para-hydroxylation sites is 1. The predicted octanol–water partition coefficient (Wildman–Crippen LogP) is 3.82. The van der Waals surface area contributed by atoms with Crippen molar-refractivity contribution in [3.63, 3.8) is 0 Å². The van der Waals surface area contributed by atoms with E-state index in [2.05, 4.69) is 30.0 Å². The third-order valence-corrected chi connectivity index (χ3v) is 5.53. The second-order valence-electron chi connectivity index (χ2n) is 7.38. The van der Waals surface area contributed by atoms with Crippen LogP contribution < -0.4 is 15.4 Å². The van der Waals surface area contributed by atoms with Gasteiger partial charge in [0.25, 0.3) is 0 Å². The lowest BCUT2D eigenvalue weighted by atomic mass is 9.96. The highest BCUT2D eigenvalue weighted by atomic mass is 16.5. The van der Waals surface area contributed by atoms with E-state index >= 15 is 0 Å². The van der Waals surface area contributed by atoms with E-state index in [9.17, 15) is 4.79 Å². The molecule has 144 valence electrons. The second kappa shape index (κ2) is 7.89. The molecule has 0 bridgehead atoms. The van der Waals surface area contributed by atoms with Crippen LogP contribution in [0.25, 0.3) is 10.9 Å². The Morgan fingerprint density at radius 1 is 1.11 bits per heavy atom. The van der Waals surface area contributed by atoms with Crippen molar-refractivity contribution >= 4 is 22.6 Å². The summed E-state index contributed by atoms with van der Waals surface area (Å²) in [5.74, 6) is 1.49. The van der Waals surface area contributed by atoms with E-state index in [0.717, 1.165) is 48.4 Å². The van der Waals surface area contributed by atoms with Gasteiger partial charge in [0.05, 0.1) is 0 Å². The molecule has 1 saturated heterocycles. The number of fused-ring (bicyclic) bond motifs is 1. The Morgan fingerprint density at radius 3 is 2.64 bits per heavy atom. The minimum atomic E-state index is -0.196. The number of nitrogens with zero attached hydrogens (tertiary/aromatic N) is 2. The molecule has 2 aromatic carbocycles. The molecule has 2 N–H and O–H groups in total. The molecule has 4 rings (SSSR count). The standard InChI is InChI=1S/C23H25N3O2/c1-16-5-2-3-6-19(16)15-28-20-8-4-7-17-9-10-21(25-22(17)20)26-13-11-18(12-14-26)23(24)27/h2-10,18H,11-15H2,1H3,(H2,24,27). The van der Waals surface area contributed by atoms with Crippen LogP contribution in [0.4, 0.5) is 5.82 Å². The first-order valence-corrected chi connectivity index (χ1v) is 9.73. The molecule has 0 saturated carbocycles. The van der Waals surface area contributed by atoms with Gasteiger partial charge in [-0.15, -0.1) is 0 Å². The molecule has 5 heteroatoms. The van der Waals surface area contributed by atoms with Gasteiger partial charge in [-0.05, 0) is 49.1 Å². The summed E-state index contributed by atoms with van der Waals surface area (Å²) in [4.78, 5) is 18.5. The average molecular weight is 375 g/mol. The van der Waals surface area contributed by atoms with Gasteiger partial charge in [0.1, 0.15) is 23.7 Å². The van der Waals surface area contributed by atoms with Crippen LogP contribution in [0.1, 0.15) is 24.0 Å². The maximum absolute atomic E-state index is 11.4. The Labute approximate surface area is 165 Å². The summed E-state index contributed by atoms with van der Waals surface area (Å²) in [7, 11) is 0. The van der Waals surface area contributed by atoms with Gasteiger partial charge in [0, 0.05) is 24.4 Å². The lowest BCUT2D eigenvalue weighted by Crippen LogP contribution is -2.38. The van der Waals surface area contributed by atoms with Gasteiger partial charge in [-0.2, -0.15) is 0 Å². The van der Waals surface area contributed by atoms with Crippen LogP contribution in [0.3, 0.4) is 0 Å². The van der Waals surface area contributed by atoms with Gasteiger partial charge < -0.3 is 15.4 Å². The predicted molar refractivity (Wildman–Crippen MR) is 111 cm³/mol. The first-order valence-electron chi connectivity index (χ1n) is 9.73. The molecule has 2 heterocycles. The Hall–Kier alpha value is -3.08. The highest BCUT2D eigenvalue weighted by Crippen LogP contribution is 2.29. The number of anilines is 1. The molecule has 1 aromatic heterocycles. The Balaban J connectivity index is 1.56. The number of pyridine rings is 1. The van der Waals surface area contributed by atoms with Crippen LogP contribution in [-0.4, -0.2) is 24.0 Å². The van der Waals surface area contributed by atoms with Crippen LogP contribution in [0, 0.1) is 12.8 Å². The summed E-state index contributed by atoms with van der Waals surface area (Å²) >= 11 is 0. The van der Waals surface area contributed by atoms with Crippen molar-refractivity contribution in [3.8, 4) is 5.75 Å². The molecule has 0 spiro atoms. The number of benzene rings is 2. The zero-order valence-electron chi connectivity index (χ0n) is 16.1. The fourth-order valence-corrected chi connectivity index (χ4v) is 3.72. The molecule has 1 amide bonds. The van der Waals surface area contributed by atoms with Crippen LogP contribution >= 0.6 is 0 Å². The highest BCUT2D eigenvalue weighted by molar-refractivity contribution is 5.86. The minimum absolute atomic E-state index is 0.0234. The maximum atomic E-state index is 11.4. The number of piperidine rings is 1. The number of primary amides is 1. The minimum Gasteiger partial charge on any atom is -0.487 e. The first-order chi connectivity index (χ1) is 13.6. The van der Waals surface area contributed by atoms with E-state index in [-0.39, 0.29) is 11.8 Å². The summed E-state index contributed by atoms with van der Waals surface area (Å²) in [6, 6.07) is 18.4. The maximum Gasteiger partial charge on any atom is 0.220 e. The van der Waals surface area contributed by atoms with Crippen molar-refractivity contribution in [3.05, 3.63) is 65.7 Å². The fraction of sp³-hybridized carbons (Fsp3) is 0.304. The van der Waals surface area contributed by atoms with Gasteiger partial charge in [-0.1, -0.05) is 36.4 Å². The number of aryl methyl sites for hydroxylation is 1. The normalized spacial score (nSPS) is 15.0. The van der Waals surface area contributed by atoms with Gasteiger partial charge >= 0.3 is 0 Å². The van der Waals surface area contributed by atoms with Crippen molar-refractivity contribution in [2.45, 2.75) is 26.4 Å². The number of aromatic nitrogens is 1. The molecule has 5 nitrogen and oxygen atoms in total. The summed E-state index contributed by atoms with van der Waals surface area (Å²) in [6.07, 6.45) is 1.56. The molecular weight excluding hydrogens is 350 g/mol. The van der Waals surface area contributed by atoms with Crippen LogP contribution in [0.15, 0.2) is 54.6 Å². The van der Waals surface area contributed by atoms with Crippen molar-refractivity contribution in [1.29, 1.82) is 0 Å². The summed E-state index contributed by atoms with van der Waals surface area (Å²) in [5, 5.41) is 1.05. The van der Waals surface area contributed by atoms with Gasteiger partial charge in [0.15, 0.2) is 0 Å². The number of hydrogen-bond donors (Lipinski definition) is 1. The zero-order valence-corrected chi connectivity index (χ0v) is 16.1. The summed E-state index contributed by atoms with van der Waals surface area (Å²) < 4.78 is 6.13. The highest BCUT2D eigenvalue weighted by Gasteiger charge is 2.24. The summed E-state index contributed by atoms with van der Waals surface area (Å²) in [5.41, 5.74) is 8.70. The van der Waals surface area contributed by atoms with Gasteiger partial charge in [-0.3, -0.25) is 4.79 Å². The lowest BCUT2D eigenvalue weighted by molar-refractivity contribution is -0.122. The van der Waals surface area contributed by atoms with Gasteiger partial charge in [0.2, 0.25) is 5.91 Å². The third kappa shape index (κ3) is 3.79. The lowest BCUT2D eigenvalue weighted by Gasteiger charge is -2.31. The van der Waals surface area contributed by atoms with Crippen LogP contribution in [-0.2, 0) is 11.4 Å². The number of carbonyl (C=O) groups excluding carboxylic acids is 1. The number of ether oxygens (including phenoxy) is 1. The van der Waals surface area contributed by atoms with E-state index in [1.165, 1.54) is 11.1 Å². The van der Waals surface area contributed by atoms with Crippen molar-refractivity contribution < 1.29 is 9.53 Å². The summed E-state index contributed by atoms with van der Waals surface area (Å²) in [6.45, 7) is 4.19. The topological polar surface area (TPSA) is 68.5 Å². The number of rotatable bonds is 5. The SMILES string of the molecule is Cc1ccccc1COc1cccc2ccc(N3CCC(C(N)=O)CC3)nc12. The number of amides is 1.